The molecular weight excluding hydrogens is 357 g/mol. The summed E-state index contributed by atoms with van der Waals surface area (Å²) in [7, 11) is 0. The summed E-state index contributed by atoms with van der Waals surface area (Å²) >= 11 is 0.160. The van der Waals surface area contributed by atoms with Crippen molar-refractivity contribution in [3.63, 3.8) is 0 Å². The van der Waals surface area contributed by atoms with E-state index in [-0.39, 0.29) is 15.8 Å². The van der Waals surface area contributed by atoms with Crippen LogP contribution in [0, 0.1) is 0 Å². The third-order valence-electron chi connectivity index (χ3n) is 4.86. The molecule has 2 heterocycles. The van der Waals surface area contributed by atoms with Gasteiger partial charge in [0, 0.05) is 0 Å². The Bertz CT molecular complexity index is 796. The molecule has 121 valence electrons. The second kappa shape index (κ2) is 6.70. The molecule has 0 saturated carbocycles. The first kappa shape index (κ1) is 15.9. The molecule has 2 aromatic rings. The molecule has 0 amide bonds. The van der Waals surface area contributed by atoms with Gasteiger partial charge in [-0.3, -0.25) is 0 Å². The molecule has 2 aliphatic heterocycles. The van der Waals surface area contributed by atoms with E-state index in [2.05, 4.69) is 59.5 Å². The molecule has 3 heteroatoms. The number of carbonyl (C=O) groups is 1. The molecule has 0 bridgehead atoms. The van der Waals surface area contributed by atoms with Gasteiger partial charge in [0.05, 0.1) is 0 Å². The summed E-state index contributed by atoms with van der Waals surface area (Å²) in [4.78, 5) is 13.8. The van der Waals surface area contributed by atoms with Gasteiger partial charge in [0.2, 0.25) is 0 Å². The van der Waals surface area contributed by atoms with Gasteiger partial charge in [-0.2, -0.15) is 0 Å². The second-order valence-corrected chi connectivity index (χ2v) is 9.48. The summed E-state index contributed by atoms with van der Waals surface area (Å²) in [5, 5.41) is 0. The van der Waals surface area contributed by atoms with E-state index in [0.717, 1.165) is 19.6 Å². The van der Waals surface area contributed by atoms with Crippen LogP contribution in [-0.2, 0) is 4.79 Å². The number of carbonyl (C=O) groups excluding carboxylic acids is 1. The number of hydrogen-bond donors (Lipinski definition) is 0. The van der Waals surface area contributed by atoms with Gasteiger partial charge in [-0.05, 0) is 0 Å². The number of rotatable bonds is 4. The standard InChI is InChI=1S/C21H21AsNO/c1-15(24)11-12-23-13-18-20(14-23)22-19-10-6-5-9-17(19)21(18)16-7-3-2-4-8-16/h2-10,20H,11-14H2,1H3. The first-order valence-electron chi connectivity index (χ1n) is 8.53. The van der Waals surface area contributed by atoms with E-state index in [4.69, 9.17) is 0 Å². The van der Waals surface area contributed by atoms with Crippen LogP contribution in [0.1, 0.15) is 24.5 Å². The van der Waals surface area contributed by atoms with Gasteiger partial charge in [-0.1, -0.05) is 0 Å². The van der Waals surface area contributed by atoms with Crippen LogP contribution in [-0.4, -0.2) is 46.1 Å². The number of ketones is 1. The summed E-state index contributed by atoms with van der Waals surface area (Å²) in [6.07, 6.45) is 0.671. The Balaban J connectivity index is 1.75. The summed E-state index contributed by atoms with van der Waals surface area (Å²) in [5.74, 6) is 0.290. The average molecular weight is 378 g/mol. The summed E-state index contributed by atoms with van der Waals surface area (Å²) < 4.78 is 2.23. The van der Waals surface area contributed by atoms with Crippen LogP contribution < -0.4 is 4.35 Å². The van der Waals surface area contributed by atoms with E-state index in [1.54, 1.807) is 16.8 Å². The summed E-state index contributed by atoms with van der Waals surface area (Å²) in [5.41, 5.74) is 5.81. The van der Waals surface area contributed by atoms with Gasteiger partial charge in [0.15, 0.2) is 0 Å². The minimum atomic E-state index is 0.160. The molecule has 1 unspecified atom stereocenters. The van der Waals surface area contributed by atoms with Crippen LogP contribution in [0.4, 0.5) is 0 Å². The zero-order chi connectivity index (χ0) is 16.5. The molecule has 4 rings (SSSR count). The zero-order valence-electron chi connectivity index (χ0n) is 13.9. The van der Waals surface area contributed by atoms with E-state index in [1.807, 2.05) is 0 Å². The van der Waals surface area contributed by atoms with E-state index < -0.39 is 0 Å². The van der Waals surface area contributed by atoms with Crippen LogP contribution in [0.2, 0.25) is 4.71 Å². The fourth-order valence-electron chi connectivity index (χ4n) is 3.70. The molecule has 2 nitrogen and oxygen atoms in total. The van der Waals surface area contributed by atoms with Crippen LogP contribution in [0.3, 0.4) is 0 Å². The Morgan fingerprint density at radius 1 is 1.12 bits per heavy atom. The molecule has 0 spiro atoms. The van der Waals surface area contributed by atoms with Crippen molar-refractivity contribution in [2.45, 2.75) is 18.1 Å². The quantitative estimate of drug-likeness (QED) is 0.763. The Kier molecular flexibility index (Phi) is 4.43. The SMILES string of the molecule is CC(=O)CCN1CC2=C(c3ccccc3)c3ccccc3[As]C2C1. The number of benzene rings is 2. The van der Waals surface area contributed by atoms with E-state index in [1.165, 1.54) is 16.7 Å². The van der Waals surface area contributed by atoms with Crippen molar-refractivity contribution < 1.29 is 4.79 Å². The maximum absolute atomic E-state index is 11.3. The maximum atomic E-state index is 11.3. The van der Waals surface area contributed by atoms with E-state index in [0.29, 0.717) is 16.9 Å². The van der Waals surface area contributed by atoms with Crippen molar-refractivity contribution in [1.29, 1.82) is 0 Å². The number of nitrogens with zero attached hydrogens (tertiary/aromatic N) is 1. The van der Waals surface area contributed by atoms with Gasteiger partial charge >= 0.3 is 150 Å². The predicted molar refractivity (Wildman–Crippen MR) is 99.8 cm³/mol. The van der Waals surface area contributed by atoms with Gasteiger partial charge in [-0.25, -0.2) is 0 Å². The van der Waals surface area contributed by atoms with Gasteiger partial charge in [-0.15, -0.1) is 0 Å². The van der Waals surface area contributed by atoms with Gasteiger partial charge in [0.1, 0.15) is 0 Å². The number of fused-ring (bicyclic) bond motifs is 2. The van der Waals surface area contributed by atoms with E-state index in [9.17, 15) is 4.79 Å². The Morgan fingerprint density at radius 2 is 1.88 bits per heavy atom. The molecule has 0 aromatic heterocycles. The van der Waals surface area contributed by atoms with Crippen LogP contribution in [0.25, 0.3) is 5.57 Å². The molecular formula is C21H21AsNO. The molecule has 1 radical (unpaired) electrons. The first-order valence-corrected chi connectivity index (χ1v) is 10.5. The van der Waals surface area contributed by atoms with Crippen molar-refractivity contribution in [1.82, 2.24) is 4.90 Å². The topological polar surface area (TPSA) is 20.3 Å². The molecule has 2 aromatic carbocycles. The van der Waals surface area contributed by atoms with Crippen LogP contribution in [0.5, 0.6) is 0 Å². The fraction of sp³-hybridized carbons (Fsp3) is 0.286. The number of hydrogen-bond acceptors (Lipinski definition) is 2. The van der Waals surface area contributed by atoms with Gasteiger partial charge < -0.3 is 0 Å². The normalized spacial score (nSPS) is 21.0. The van der Waals surface area contributed by atoms with Gasteiger partial charge in [0.25, 0.3) is 0 Å². The third-order valence-corrected chi connectivity index (χ3v) is 7.91. The van der Waals surface area contributed by atoms with Crippen LogP contribution in [0.15, 0.2) is 60.2 Å². The molecule has 0 aliphatic carbocycles. The van der Waals surface area contributed by atoms with Crippen molar-refractivity contribution in [3.05, 3.63) is 71.3 Å². The third kappa shape index (κ3) is 3.01. The Morgan fingerprint density at radius 3 is 2.67 bits per heavy atom. The predicted octanol–water partition coefficient (Wildman–Crippen LogP) is 2.91. The average Bonchev–Trinajstić information content (AvgIpc) is 3.01. The number of Topliss-reactive ketones (excluding diaryl/α,β-unsaturated/α-hetero) is 1. The first-order chi connectivity index (χ1) is 11.7. The van der Waals surface area contributed by atoms with Crippen LogP contribution >= 0.6 is 0 Å². The van der Waals surface area contributed by atoms with Crippen molar-refractivity contribution >= 4 is 31.5 Å². The fourth-order valence-corrected chi connectivity index (χ4v) is 6.87. The number of likely N-dealkylation sites (tertiary alicyclic amines) is 1. The minimum absolute atomic E-state index is 0.160. The Hall–Kier alpha value is -1.63. The van der Waals surface area contributed by atoms with Crippen molar-refractivity contribution in [2.75, 3.05) is 19.6 Å². The summed E-state index contributed by atoms with van der Waals surface area (Å²) in [6, 6.07) is 19.7. The molecule has 1 fully saturated rings. The molecule has 1 saturated heterocycles. The van der Waals surface area contributed by atoms with Crippen molar-refractivity contribution in [2.24, 2.45) is 0 Å². The summed E-state index contributed by atoms with van der Waals surface area (Å²) in [6.45, 7) is 4.73. The molecule has 2 aliphatic rings. The Labute approximate surface area is 150 Å². The zero-order valence-corrected chi connectivity index (χ0v) is 15.8. The monoisotopic (exact) mass is 378 g/mol. The molecule has 1 atom stereocenters. The molecule has 24 heavy (non-hydrogen) atoms. The molecule has 0 N–H and O–H groups in total. The second-order valence-electron chi connectivity index (χ2n) is 6.62. The van der Waals surface area contributed by atoms with E-state index >= 15 is 0 Å². The van der Waals surface area contributed by atoms with Crippen molar-refractivity contribution in [3.8, 4) is 0 Å².